The molecule has 2 rings (SSSR count). The molecule has 0 saturated carbocycles. The lowest BCUT2D eigenvalue weighted by Crippen LogP contribution is -1.95. The maximum Gasteiger partial charge on any atom is 0.150 e. The molecule has 0 fully saturated rings. The fourth-order valence-electron chi connectivity index (χ4n) is 1.69. The van der Waals surface area contributed by atoms with Gasteiger partial charge in [-0.3, -0.25) is 4.79 Å². The maximum atomic E-state index is 10.9. The molecule has 0 aliphatic rings. The number of hydrogen-bond acceptors (Lipinski definition) is 1. The zero-order valence-corrected chi connectivity index (χ0v) is 10.5. The van der Waals surface area contributed by atoms with Crippen LogP contribution in [0.3, 0.4) is 0 Å². The van der Waals surface area contributed by atoms with Crippen LogP contribution < -0.4 is 0 Å². The second kappa shape index (κ2) is 5.35. The van der Waals surface area contributed by atoms with E-state index >= 15 is 0 Å². The van der Waals surface area contributed by atoms with E-state index in [1.54, 1.807) is 18.2 Å². The fraction of sp³-hybridized carbons (Fsp3) is 0.0714. The summed E-state index contributed by atoms with van der Waals surface area (Å²) < 4.78 is 0. The smallest absolute Gasteiger partial charge is 0.150 e. The Bertz CT molecular complexity index is 550. The van der Waals surface area contributed by atoms with Gasteiger partial charge in [-0.1, -0.05) is 41.4 Å². The van der Waals surface area contributed by atoms with Gasteiger partial charge in [0.05, 0.1) is 0 Å². The second-order valence-corrected chi connectivity index (χ2v) is 4.57. The quantitative estimate of drug-likeness (QED) is 0.752. The first-order valence-corrected chi connectivity index (χ1v) is 5.93. The van der Waals surface area contributed by atoms with Crippen LogP contribution in [0.2, 0.25) is 10.0 Å². The molecule has 0 N–H and O–H groups in total. The molecule has 1 nitrogen and oxygen atoms in total. The molecule has 0 unspecified atom stereocenters. The molecule has 3 heteroatoms. The molecule has 86 valence electrons. The van der Waals surface area contributed by atoms with E-state index in [9.17, 15) is 4.79 Å². The average molecular weight is 265 g/mol. The molecule has 0 heterocycles. The molecule has 0 radical (unpaired) electrons. The van der Waals surface area contributed by atoms with Gasteiger partial charge in [-0.15, -0.1) is 0 Å². The molecular formula is C14H10Cl2O. The van der Waals surface area contributed by atoms with Crippen LogP contribution in [-0.2, 0) is 6.42 Å². The van der Waals surface area contributed by atoms with Crippen LogP contribution in [0, 0.1) is 0 Å². The molecule has 0 spiro atoms. The third-order valence-electron chi connectivity index (χ3n) is 2.57. The van der Waals surface area contributed by atoms with E-state index in [2.05, 4.69) is 0 Å². The Labute approximate surface area is 110 Å². The van der Waals surface area contributed by atoms with Gasteiger partial charge in [-0.2, -0.15) is 0 Å². The van der Waals surface area contributed by atoms with Crippen LogP contribution in [0.15, 0.2) is 42.5 Å². The van der Waals surface area contributed by atoms with E-state index in [1.807, 2.05) is 24.3 Å². The van der Waals surface area contributed by atoms with E-state index < -0.39 is 0 Å². The normalized spacial score (nSPS) is 10.2. The summed E-state index contributed by atoms with van der Waals surface area (Å²) in [6, 6.07) is 12.8. The van der Waals surface area contributed by atoms with Crippen molar-refractivity contribution in [2.24, 2.45) is 0 Å². The molecule has 0 saturated heterocycles. The van der Waals surface area contributed by atoms with E-state index in [1.165, 1.54) is 0 Å². The first kappa shape index (κ1) is 12.2. The molecule has 2 aromatic rings. The minimum Gasteiger partial charge on any atom is -0.298 e. The number of carbonyl (C=O) groups excluding carboxylic acids is 1. The van der Waals surface area contributed by atoms with E-state index in [4.69, 9.17) is 23.2 Å². The summed E-state index contributed by atoms with van der Waals surface area (Å²) in [5.74, 6) is 0. The van der Waals surface area contributed by atoms with Gasteiger partial charge in [0.1, 0.15) is 6.29 Å². The van der Waals surface area contributed by atoms with Crippen molar-refractivity contribution in [2.45, 2.75) is 6.42 Å². The minimum absolute atomic E-state index is 0.605. The average Bonchev–Trinajstić information content (AvgIpc) is 2.32. The summed E-state index contributed by atoms with van der Waals surface area (Å²) in [5, 5.41) is 1.32. The highest BCUT2D eigenvalue weighted by Crippen LogP contribution is 2.22. The third-order valence-corrected chi connectivity index (χ3v) is 3.17. The second-order valence-electron chi connectivity index (χ2n) is 3.73. The van der Waals surface area contributed by atoms with Crippen molar-refractivity contribution in [3.05, 3.63) is 69.2 Å². The summed E-state index contributed by atoms with van der Waals surface area (Å²) in [4.78, 5) is 10.9. The monoisotopic (exact) mass is 264 g/mol. The van der Waals surface area contributed by atoms with E-state index in [0.717, 1.165) is 17.4 Å². The topological polar surface area (TPSA) is 17.1 Å². The van der Waals surface area contributed by atoms with Gasteiger partial charge in [0.15, 0.2) is 0 Å². The molecular weight excluding hydrogens is 255 g/mol. The number of aldehydes is 1. The predicted octanol–water partition coefficient (Wildman–Crippen LogP) is 4.40. The fourth-order valence-corrected chi connectivity index (χ4v) is 2.09. The van der Waals surface area contributed by atoms with Crippen molar-refractivity contribution in [3.8, 4) is 0 Å². The third kappa shape index (κ3) is 2.87. The first-order chi connectivity index (χ1) is 8.20. The Balaban J connectivity index is 2.39. The molecule has 0 aliphatic heterocycles. The van der Waals surface area contributed by atoms with E-state index in [0.29, 0.717) is 22.0 Å². The zero-order chi connectivity index (χ0) is 12.3. The minimum atomic E-state index is 0.605. The van der Waals surface area contributed by atoms with Crippen molar-refractivity contribution in [2.75, 3.05) is 0 Å². The highest BCUT2D eigenvalue weighted by Gasteiger charge is 2.06. The van der Waals surface area contributed by atoms with Gasteiger partial charge in [-0.05, 0) is 41.8 Å². The van der Waals surface area contributed by atoms with Gasteiger partial charge in [0.25, 0.3) is 0 Å². The Hall–Kier alpha value is -1.31. The van der Waals surface area contributed by atoms with Crippen molar-refractivity contribution in [1.82, 2.24) is 0 Å². The number of rotatable bonds is 3. The lowest BCUT2D eigenvalue weighted by atomic mass is 10.0. The molecule has 2 aromatic carbocycles. The van der Waals surface area contributed by atoms with Crippen LogP contribution >= 0.6 is 23.2 Å². The van der Waals surface area contributed by atoms with Gasteiger partial charge in [0, 0.05) is 15.6 Å². The van der Waals surface area contributed by atoms with E-state index in [-0.39, 0.29) is 0 Å². The summed E-state index contributed by atoms with van der Waals surface area (Å²) >= 11 is 12.0. The number of hydrogen-bond donors (Lipinski definition) is 0. The first-order valence-electron chi connectivity index (χ1n) is 5.17. The lowest BCUT2D eigenvalue weighted by molar-refractivity contribution is 0.112. The SMILES string of the molecule is O=Cc1ccc(Cl)cc1Cc1ccccc1Cl. The molecule has 0 amide bonds. The predicted molar refractivity (Wildman–Crippen MR) is 71.1 cm³/mol. The lowest BCUT2D eigenvalue weighted by Gasteiger charge is -2.07. The van der Waals surface area contributed by atoms with Crippen LogP contribution in [0.1, 0.15) is 21.5 Å². The van der Waals surface area contributed by atoms with Crippen LogP contribution in [0.25, 0.3) is 0 Å². The largest absolute Gasteiger partial charge is 0.298 e. The van der Waals surface area contributed by atoms with Crippen LogP contribution in [-0.4, -0.2) is 6.29 Å². The summed E-state index contributed by atoms with van der Waals surface area (Å²) in [7, 11) is 0. The van der Waals surface area contributed by atoms with Crippen LogP contribution in [0.4, 0.5) is 0 Å². The van der Waals surface area contributed by atoms with Gasteiger partial charge >= 0.3 is 0 Å². The number of halogens is 2. The molecule has 0 atom stereocenters. The molecule has 0 aliphatic carbocycles. The Morgan fingerprint density at radius 3 is 2.47 bits per heavy atom. The molecule has 17 heavy (non-hydrogen) atoms. The van der Waals surface area contributed by atoms with Gasteiger partial charge in [-0.25, -0.2) is 0 Å². The molecule has 0 aromatic heterocycles. The Morgan fingerprint density at radius 2 is 1.76 bits per heavy atom. The van der Waals surface area contributed by atoms with Crippen LogP contribution in [0.5, 0.6) is 0 Å². The van der Waals surface area contributed by atoms with Gasteiger partial charge in [0.2, 0.25) is 0 Å². The number of carbonyl (C=O) groups is 1. The standard InChI is InChI=1S/C14H10Cl2O/c15-13-6-5-11(9-17)12(8-13)7-10-3-1-2-4-14(10)16/h1-6,8-9H,7H2. The summed E-state index contributed by atoms with van der Waals surface area (Å²) in [5.41, 5.74) is 2.52. The van der Waals surface area contributed by atoms with Crippen molar-refractivity contribution < 1.29 is 4.79 Å². The summed E-state index contributed by atoms with van der Waals surface area (Å²) in [6.45, 7) is 0. The Kier molecular flexibility index (Phi) is 3.82. The van der Waals surface area contributed by atoms with Crippen molar-refractivity contribution >= 4 is 29.5 Å². The molecule has 0 bridgehead atoms. The number of benzene rings is 2. The van der Waals surface area contributed by atoms with Gasteiger partial charge < -0.3 is 0 Å². The van der Waals surface area contributed by atoms with Crippen molar-refractivity contribution in [3.63, 3.8) is 0 Å². The maximum absolute atomic E-state index is 10.9. The van der Waals surface area contributed by atoms with Crippen molar-refractivity contribution in [1.29, 1.82) is 0 Å². The summed E-state index contributed by atoms with van der Waals surface area (Å²) in [6.07, 6.45) is 1.44. The Morgan fingerprint density at radius 1 is 1.00 bits per heavy atom. The highest BCUT2D eigenvalue weighted by molar-refractivity contribution is 6.31. The highest BCUT2D eigenvalue weighted by atomic mass is 35.5. The zero-order valence-electron chi connectivity index (χ0n) is 8.99.